The highest BCUT2D eigenvalue weighted by molar-refractivity contribution is 7.89. The van der Waals surface area contributed by atoms with Gasteiger partial charge < -0.3 is 0 Å². The molecule has 0 amide bonds. The van der Waals surface area contributed by atoms with E-state index in [0.29, 0.717) is 16.7 Å². The zero-order valence-corrected chi connectivity index (χ0v) is 12.5. The lowest BCUT2D eigenvalue weighted by Crippen LogP contribution is -2.27. The van der Waals surface area contributed by atoms with Gasteiger partial charge in [-0.3, -0.25) is 4.72 Å². The summed E-state index contributed by atoms with van der Waals surface area (Å²) in [5, 5.41) is 0. The number of hydrogen-bond acceptors (Lipinski definition) is 2. The van der Waals surface area contributed by atoms with E-state index in [1.54, 1.807) is 12.1 Å². The van der Waals surface area contributed by atoms with Crippen molar-refractivity contribution < 1.29 is 8.42 Å². The van der Waals surface area contributed by atoms with Crippen molar-refractivity contribution in [2.24, 2.45) is 11.8 Å². The molecule has 1 aromatic carbocycles. The Bertz CT molecular complexity index is 573. The molecule has 1 N–H and O–H groups in total. The maximum Gasteiger partial charge on any atom is 0.261 e. The van der Waals surface area contributed by atoms with Gasteiger partial charge in [-0.1, -0.05) is 37.6 Å². The van der Waals surface area contributed by atoms with Crippen LogP contribution in [0.2, 0.25) is 0 Å². The van der Waals surface area contributed by atoms with Crippen molar-refractivity contribution in [3.8, 4) is 0 Å². The molecule has 0 aliphatic heterocycles. The number of benzene rings is 1. The third-order valence-electron chi connectivity index (χ3n) is 3.42. The average molecular weight is 279 g/mol. The lowest BCUT2D eigenvalue weighted by molar-refractivity contribution is 0.428. The van der Waals surface area contributed by atoms with Gasteiger partial charge in [0.25, 0.3) is 10.0 Å². The third kappa shape index (κ3) is 3.60. The summed E-state index contributed by atoms with van der Waals surface area (Å²) < 4.78 is 27.3. The van der Waals surface area contributed by atoms with Gasteiger partial charge in [0, 0.05) is 5.70 Å². The molecule has 0 fully saturated rings. The first-order chi connectivity index (χ1) is 8.87. The second kappa shape index (κ2) is 5.37. The molecule has 0 bridgehead atoms. The van der Waals surface area contributed by atoms with Crippen molar-refractivity contribution in [2.45, 2.75) is 38.5 Å². The van der Waals surface area contributed by atoms with Crippen LogP contribution in [0.25, 0.3) is 0 Å². The number of aryl methyl sites for hydroxylation is 1. The van der Waals surface area contributed by atoms with Crippen LogP contribution in [-0.2, 0) is 10.0 Å². The first-order valence-electron chi connectivity index (χ1n) is 6.67. The summed E-state index contributed by atoms with van der Waals surface area (Å²) in [6.45, 7) is 6.22. The van der Waals surface area contributed by atoms with Crippen LogP contribution in [0.5, 0.6) is 0 Å². The maximum atomic E-state index is 12.3. The normalized spacial score (nSPS) is 23.8. The van der Waals surface area contributed by atoms with Crippen LogP contribution in [0.1, 0.15) is 32.3 Å². The molecule has 0 spiro atoms. The number of nitrogens with one attached hydrogen (secondary N) is 1. The van der Waals surface area contributed by atoms with Gasteiger partial charge in [-0.15, -0.1) is 0 Å². The van der Waals surface area contributed by atoms with Crippen LogP contribution < -0.4 is 4.72 Å². The largest absolute Gasteiger partial charge is 0.284 e. The number of hydrogen-bond donors (Lipinski definition) is 1. The van der Waals surface area contributed by atoms with Crippen molar-refractivity contribution in [3.63, 3.8) is 0 Å². The van der Waals surface area contributed by atoms with E-state index in [4.69, 9.17) is 0 Å². The fraction of sp³-hybridized carbons (Fsp3) is 0.467. The van der Waals surface area contributed by atoms with Gasteiger partial charge in [0.15, 0.2) is 0 Å². The van der Waals surface area contributed by atoms with Gasteiger partial charge in [-0.25, -0.2) is 8.42 Å². The molecule has 1 aromatic rings. The molecule has 0 aromatic heterocycles. The monoisotopic (exact) mass is 279 g/mol. The summed E-state index contributed by atoms with van der Waals surface area (Å²) in [5.74, 6) is 0.954. The minimum absolute atomic E-state index is 0.324. The van der Waals surface area contributed by atoms with Crippen molar-refractivity contribution in [1.82, 2.24) is 4.72 Å². The summed E-state index contributed by atoms with van der Waals surface area (Å²) in [4.78, 5) is 0.324. The summed E-state index contributed by atoms with van der Waals surface area (Å²) in [6.07, 6.45) is 3.96. The predicted molar refractivity (Wildman–Crippen MR) is 77.1 cm³/mol. The molecule has 4 heteroatoms. The Morgan fingerprint density at radius 1 is 1.16 bits per heavy atom. The van der Waals surface area contributed by atoms with Crippen molar-refractivity contribution in [3.05, 3.63) is 41.6 Å². The van der Waals surface area contributed by atoms with Crippen LogP contribution in [0.3, 0.4) is 0 Å². The summed E-state index contributed by atoms with van der Waals surface area (Å²) >= 11 is 0. The van der Waals surface area contributed by atoms with Gasteiger partial charge in [-0.2, -0.15) is 0 Å². The Labute approximate surface area is 115 Å². The highest BCUT2D eigenvalue weighted by atomic mass is 32.2. The Morgan fingerprint density at radius 2 is 1.79 bits per heavy atom. The fourth-order valence-corrected chi connectivity index (χ4v) is 3.71. The quantitative estimate of drug-likeness (QED) is 0.923. The molecule has 1 aliphatic rings. The fourth-order valence-electron chi connectivity index (χ4n) is 2.60. The molecule has 3 nitrogen and oxygen atoms in total. The Balaban J connectivity index is 2.20. The molecule has 1 aliphatic carbocycles. The Morgan fingerprint density at radius 3 is 2.37 bits per heavy atom. The van der Waals surface area contributed by atoms with Gasteiger partial charge >= 0.3 is 0 Å². The average Bonchev–Trinajstić information content (AvgIpc) is 2.27. The smallest absolute Gasteiger partial charge is 0.261 e. The van der Waals surface area contributed by atoms with Gasteiger partial charge in [0.2, 0.25) is 0 Å². The van der Waals surface area contributed by atoms with E-state index < -0.39 is 10.0 Å². The van der Waals surface area contributed by atoms with Crippen LogP contribution in [0.15, 0.2) is 40.9 Å². The molecular formula is C15H21NO2S. The minimum atomic E-state index is -3.44. The molecule has 0 saturated heterocycles. The van der Waals surface area contributed by atoms with E-state index in [1.807, 2.05) is 25.1 Å². The van der Waals surface area contributed by atoms with Crippen molar-refractivity contribution >= 4 is 10.0 Å². The topological polar surface area (TPSA) is 46.2 Å². The Kier molecular flexibility index (Phi) is 3.99. The first-order valence-corrected chi connectivity index (χ1v) is 8.15. The van der Waals surface area contributed by atoms with Crippen LogP contribution in [0.4, 0.5) is 0 Å². The molecule has 0 saturated carbocycles. The van der Waals surface area contributed by atoms with Crippen LogP contribution in [0, 0.1) is 18.8 Å². The second-order valence-electron chi connectivity index (χ2n) is 5.63. The summed E-state index contributed by atoms with van der Waals surface area (Å²) in [7, 11) is -3.44. The predicted octanol–water partition coefficient (Wildman–Crippen LogP) is 3.22. The Hall–Kier alpha value is -1.29. The third-order valence-corrected chi connectivity index (χ3v) is 4.85. The highest BCUT2D eigenvalue weighted by Crippen LogP contribution is 2.27. The standard InChI is InChI=1S/C15H21NO2S/c1-11-4-6-15(7-5-11)19(17,18)16-14-9-12(2)8-13(3)10-14/h4-7,9,12-13,16H,8,10H2,1-3H3/t12-,13-/m1/s1. The second-order valence-corrected chi connectivity index (χ2v) is 7.32. The van der Waals surface area contributed by atoms with Gasteiger partial charge in [0.05, 0.1) is 4.90 Å². The molecule has 0 unspecified atom stereocenters. The van der Waals surface area contributed by atoms with E-state index in [1.165, 1.54) is 0 Å². The first kappa shape index (κ1) is 14.1. The zero-order chi connectivity index (χ0) is 14.0. The van der Waals surface area contributed by atoms with Gasteiger partial charge in [-0.05, 0) is 43.7 Å². The van der Waals surface area contributed by atoms with E-state index >= 15 is 0 Å². The summed E-state index contributed by atoms with van der Waals surface area (Å²) in [5.41, 5.74) is 1.88. The van der Waals surface area contributed by atoms with Gasteiger partial charge in [0.1, 0.15) is 0 Å². The number of allylic oxidation sites excluding steroid dienone is 2. The highest BCUT2D eigenvalue weighted by Gasteiger charge is 2.21. The molecule has 104 valence electrons. The molecule has 2 atom stereocenters. The van der Waals surface area contributed by atoms with Crippen molar-refractivity contribution in [2.75, 3.05) is 0 Å². The molecular weight excluding hydrogens is 258 g/mol. The lowest BCUT2D eigenvalue weighted by Gasteiger charge is -2.24. The molecule has 2 rings (SSSR count). The van der Waals surface area contributed by atoms with E-state index in [0.717, 1.165) is 24.1 Å². The van der Waals surface area contributed by atoms with E-state index in [2.05, 4.69) is 18.6 Å². The molecule has 0 radical (unpaired) electrons. The SMILES string of the molecule is Cc1ccc(S(=O)(=O)NC2=C[C@H](C)C[C@@H](C)C2)cc1. The summed E-state index contributed by atoms with van der Waals surface area (Å²) in [6, 6.07) is 6.92. The molecule has 19 heavy (non-hydrogen) atoms. The molecule has 0 heterocycles. The van der Waals surface area contributed by atoms with E-state index in [9.17, 15) is 8.42 Å². The van der Waals surface area contributed by atoms with Crippen molar-refractivity contribution in [1.29, 1.82) is 0 Å². The van der Waals surface area contributed by atoms with Crippen LogP contribution >= 0.6 is 0 Å². The lowest BCUT2D eigenvalue weighted by atomic mass is 9.87. The van der Waals surface area contributed by atoms with Crippen LogP contribution in [-0.4, -0.2) is 8.42 Å². The zero-order valence-electron chi connectivity index (χ0n) is 11.7. The maximum absolute atomic E-state index is 12.3. The number of rotatable bonds is 3. The number of sulfonamides is 1. The van der Waals surface area contributed by atoms with E-state index in [-0.39, 0.29) is 0 Å². The minimum Gasteiger partial charge on any atom is -0.284 e.